The summed E-state index contributed by atoms with van der Waals surface area (Å²) in [6, 6.07) is 13.3. The molecule has 0 bridgehead atoms. The molecule has 0 saturated carbocycles. The molecule has 0 fully saturated rings. The summed E-state index contributed by atoms with van der Waals surface area (Å²) < 4.78 is 10.4. The van der Waals surface area contributed by atoms with Crippen LogP contribution in [0.2, 0.25) is 5.02 Å². The zero-order valence-electron chi connectivity index (χ0n) is 14.4. The molecule has 0 saturated heterocycles. The van der Waals surface area contributed by atoms with Crippen LogP contribution in [0.25, 0.3) is 0 Å². The predicted octanol–water partition coefficient (Wildman–Crippen LogP) is 3.95. The molecule has 0 atom stereocenters. The Kier molecular flexibility index (Phi) is 7.95. The fourth-order valence-corrected chi connectivity index (χ4v) is 3.22. The van der Waals surface area contributed by atoms with Crippen molar-refractivity contribution in [3.63, 3.8) is 0 Å². The van der Waals surface area contributed by atoms with E-state index < -0.39 is 0 Å². The molecular formula is C19H22ClNO3S. The Morgan fingerprint density at radius 1 is 1.04 bits per heavy atom. The van der Waals surface area contributed by atoms with E-state index in [1.165, 1.54) is 5.56 Å². The number of hydrogen-bond acceptors (Lipinski definition) is 4. The van der Waals surface area contributed by atoms with Gasteiger partial charge in [-0.05, 0) is 35.4 Å². The van der Waals surface area contributed by atoms with Gasteiger partial charge in [0.2, 0.25) is 5.91 Å². The van der Waals surface area contributed by atoms with Crippen molar-refractivity contribution in [2.75, 3.05) is 26.5 Å². The highest BCUT2D eigenvalue weighted by molar-refractivity contribution is 7.98. The van der Waals surface area contributed by atoms with Crippen molar-refractivity contribution in [2.45, 2.75) is 12.2 Å². The molecule has 0 aliphatic carbocycles. The van der Waals surface area contributed by atoms with Gasteiger partial charge in [-0.1, -0.05) is 29.8 Å². The van der Waals surface area contributed by atoms with Crippen LogP contribution in [-0.2, 0) is 17.0 Å². The van der Waals surface area contributed by atoms with Crippen molar-refractivity contribution in [2.24, 2.45) is 0 Å². The van der Waals surface area contributed by atoms with Crippen molar-refractivity contribution in [3.05, 3.63) is 58.6 Å². The molecule has 4 nitrogen and oxygen atoms in total. The highest BCUT2D eigenvalue weighted by Crippen LogP contribution is 2.27. The first kappa shape index (κ1) is 19.5. The summed E-state index contributed by atoms with van der Waals surface area (Å²) in [5.41, 5.74) is 2.12. The second-order valence-electron chi connectivity index (χ2n) is 5.40. The van der Waals surface area contributed by atoms with Crippen molar-refractivity contribution in [1.29, 1.82) is 0 Å². The van der Waals surface area contributed by atoms with E-state index in [1.807, 2.05) is 42.5 Å². The zero-order chi connectivity index (χ0) is 18.1. The number of ether oxygens (including phenoxy) is 2. The van der Waals surface area contributed by atoms with Crippen LogP contribution in [0.4, 0.5) is 0 Å². The molecule has 0 unspecified atom stereocenters. The number of carbonyl (C=O) groups is 1. The molecule has 1 amide bonds. The number of thioether (sulfide) groups is 1. The minimum Gasteiger partial charge on any atom is -0.493 e. The zero-order valence-corrected chi connectivity index (χ0v) is 16.0. The normalized spacial score (nSPS) is 10.4. The van der Waals surface area contributed by atoms with Crippen molar-refractivity contribution in [3.8, 4) is 11.5 Å². The third kappa shape index (κ3) is 6.52. The molecule has 2 aromatic rings. The SMILES string of the molecule is COc1ccc(CC(=O)NCCSCc2ccc(Cl)cc2)cc1OC. The molecule has 25 heavy (non-hydrogen) atoms. The minimum absolute atomic E-state index is 0.000636. The molecular weight excluding hydrogens is 358 g/mol. The molecule has 0 radical (unpaired) electrons. The van der Waals surface area contributed by atoms with Crippen molar-refractivity contribution < 1.29 is 14.3 Å². The smallest absolute Gasteiger partial charge is 0.224 e. The fourth-order valence-electron chi connectivity index (χ4n) is 2.27. The van der Waals surface area contributed by atoms with Gasteiger partial charge in [-0.15, -0.1) is 0 Å². The second-order valence-corrected chi connectivity index (χ2v) is 6.94. The van der Waals surface area contributed by atoms with E-state index >= 15 is 0 Å². The summed E-state index contributed by atoms with van der Waals surface area (Å²) in [5.74, 6) is 3.05. The van der Waals surface area contributed by atoms with Crippen LogP contribution in [0.3, 0.4) is 0 Å². The molecule has 0 heterocycles. The molecule has 1 N–H and O–H groups in total. The lowest BCUT2D eigenvalue weighted by Gasteiger charge is -2.10. The number of hydrogen-bond donors (Lipinski definition) is 1. The van der Waals surface area contributed by atoms with Crippen LogP contribution >= 0.6 is 23.4 Å². The van der Waals surface area contributed by atoms with Gasteiger partial charge < -0.3 is 14.8 Å². The maximum atomic E-state index is 12.0. The molecule has 0 aromatic heterocycles. The average molecular weight is 380 g/mol. The standard InChI is InChI=1S/C19H22ClNO3S/c1-23-17-8-5-15(11-18(17)24-2)12-19(22)21-9-10-25-13-14-3-6-16(20)7-4-14/h3-8,11H,9-10,12-13H2,1-2H3,(H,21,22). The number of amides is 1. The van der Waals surface area contributed by atoms with Gasteiger partial charge in [-0.25, -0.2) is 0 Å². The van der Waals surface area contributed by atoms with E-state index in [2.05, 4.69) is 5.32 Å². The molecule has 0 spiro atoms. The summed E-state index contributed by atoms with van der Waals surface area (Å²) in [6.07, 6.45) is 0.322. The van der Waals surface area contributed by atoms with Gasteiger partial charge in [0.1, 0.15) is 0 Å². The third-order valence-electron chi connectivity index (χ3n) is 3.56. The topological polar surface area (TPSA) is 47.6 Å². The first-order valence-corrected chi connectivity index (χ1v) is 9.45. The molecule has 2 rings (SSSR count). The van der Waals surface area contributed by atoms with E-state index in [1.54, 1.807) is 26.0 Å². The second kappa shape index (κ2) is 10.2. The number of methoxy groups -OCH3 is 2. The highest BCUT2D eigenvalue weighted by Gasteiger charge is 2.08. The Balaban J connectivity index is 1.69. The Morgan fingerprint density at radius 2 is 1.72 bits per heavy atom. The Labute approximate surface area is 157 Å². The van der Waals surface area contributed by atoms with Crippen LogP contribution in [0.15, 0.2) is 42.5 Å². The summed E-state index contributed by atoms with van der Waals surface area (Å²) >= 11 is 7.64. The molecule has 6 heteroatoms. The first-order chi connectivity index (χ1) is 12.1. The van der Waals surface area contributed by atoms with Gasteiger partial charge in [-0.2, -0.15) is 11.8 Å². The summed E-state index contributed by atoms with van der Waals surface area (Å²) in [5, 5.41) is 3.69. The van der Waals surface area contributed by atoms with Gasteiger partial charge in [-0.3, -0.25) is 4.79 Å². The Bertz CT molecular complexity index is 692. The molecule has 2 aromatic carbocycles. The molecule has 134 valence electrons. The van der Waals surface area contributed by atoms with E-state index in [0.717, 1.165) is 22.1 Å². The molecule has 0 aliphatic heterocycles. The fraction of sp³-hybridized carbons (Fsp3) is 0.316. The maximum Gasteiger partial charge on any atom is 0.224 e. The number of nitrogens with one attached hydrogen (secondary N) is 1. The van der Waals surface area contributed by atoms with Crippen molar-refractivity contribution >= 4 is 29.3 Å². The van der Waals surface area contributed by atoms with E-state index in [-0.39, 0.29) is 5.91 Å². The van der Waals surface area contributed by atoms with E-state index in [9.17, 15) is 4.79 Å². The number of halogens is 1. The van der Waals surface area contributed by atoms with E-state index in [0.29, 0.717) is 24.5 Å². The Morgan fingerprint density at radius 3 is 2.40 bits per heavy atom. The van der Waals surface area contributed by atoms with E-state index in [4.69, 9.17) is 21.1 Å². The monoisotopic (exact) mass is 379 g/mol. The number of carbonyl (C=O) groups excluding carboxylic acids is 1. The number of benzene rings is 2. The summed E-state index contributed by atoms with van der Waals surface area (Å²) in [6.45, 7) is 0.643. The van der Waals surface area contributed by atoms with Crippen LogP contribution in [0.5, 0.6) is 11.5 Å². The highest BCUT2D eigenvalue weighted by atomic mass is 35.5. The minimum atomic E-state index is -0.000636. The largest absolute Gasteiger partial charge is 0.493 e. The lowest BCUT2D eigenvalue weighted by molar-refractivity contribution is -0.120. The summed E-state index contributed by atoms with van der Waals surface area (Å²) in [7, 11) is 3.17. The lowest BCUT2D eigenvalue weighted by Crippen LogP contribution is -2.27. The Hall–Kier alpha value is -1.85. The van der Waals surface area contributed by atoms with Gasteiger partial charge in [0.15, 0.2) is 11.5 Å². The van der Waals surface area contributed by atoms with Crippen LogP contribution in [-0.4, -0.2) is 32.4 Å². The quantitative estimate of drug-likeness (QED) is 0.670. The number of rotatable bonds is 9. The third-order valence-corrected chi connectivity index (χ3v) is 4.85. The van der Waals surface area contributed by atoms with Gasteiger partial charge in [0.05, 0.1) is 20.6 Å². The van der Waals surface area contributed by atoms with Gasteiger partial charge in [0, 0.05) is 23.1 Å². The lowest BCUT2D eigenvalue weighted by atomic mass is 10.1. The van der Waals surface area contributed by atoms with Gasteiger partial charge >= 0.3 is 0 Å². The summed E-state index contributed by atoms with van der Waals surface area (Å²) in [4.78, 5) is 12.0. The van der Waals surface area contributed by atoms with Crippen molar-refractivity contribution in [1.82, 2.24) is 5.32 Å². The molecule has 0 aliphatic rings. The van der Waals surface area contributed by atoms with Gasteiger partial charge in [0.25, 0.3) is 0 Å². The first-order valence-electron chi connectivity index (χ1n) is 7.92. The van der Waals surface area contributed by atoms with Crippen LogP contribution in [0.1, 0.15) is 11.1 Å². The van der Waals surface area contributed by atoms with Crippen LogP contribution in [0, 0.1) is 0 Å². The predicted molar refractivity (Wildman–Crippen MR) is 104 cm³/mol. The maximum absolute atomic E-state index is 12.0. The van der Waals surface area contributed by atoms with Crippen LogP contribution < -0.4 is 14.8 Å². The average Bonchev–Trinajstić information content (AvgIpc) is 2.62.